The first-order chi connectivity index (χ1) is 20.0. The number of sulfonamides is 1. The van der Waals surface area contributed by atoms with Gasteiger partial charge in [0, 0.05) is 18.3 Å². The number of halogens is 1. The molecule has 0 spiro atoms. The summed E-state index contributed by atoms with van der Waals surface area (Å²) in [4.78, 5) is 11.5. The molecule has 1 aromatic heterocycles. The van der Waals surface area contributed by atoms with Crippen LogP contribution in [0.25, 0.3) is 11.0 Å². The highest BCUT2D eigenvalue weighted by Crippen LogP contribution is 2.33. The summed E-state index contributed by atoms with van der Waals surface area (Å²) in [5.41, 5.74) is 3.75. The minimum absolute atomic E-state index is 0. The average molecular weight is 646 g/mol. The highest BCUT2D eigenvalue weighted by molar-refractivity contribution is 7.92. The molecule has 0 unspecified atom stereocenters. The van der Waals surface area contributed by atoms with Gasteiger partial charge in [0.05, 0.1) is 34.5 Å². The Morgan fingerprint density at radius 2 is 1.56 bits per heavy atom. The molecule has 2 N–H and O–H groups in total. The number of benzene rings is 3. The molecular formula is C30H36ClN5O5S2. The van der Waals surface area contributed by atoms with Crippen LogP contribution >= 0.6 is 12.4 Å². The molecule has 230 valence electrons. The lowest BCUT2D eigenvalue weighted by molar-refractivity contribution is 0.402. The zero-order valence-corrected chi connectivity index (χ0v) is 26.7. The van der Waals surface area contributed by atoms with E-state index in [0.29, 0.717) is 48.3 Å². The molecule has 0 bridgehead atoms. The Morgan fingerprint density at radius 3 is 2.16 bits per heavy atom. The molecule has 5 rings (SSSR count). The van der Waals surface area contributed by atoms with Crippen LogP contribution in [0.2, 0.25) is 0 Å². The van der Waals surface area contributed by atoms with E-state index in [1.807, 2.05) is 55.4 Å². The highest BCUT2D eigenvalue weighted by Gasteiger charge is 2.25. The summed E-state index contributed by atoms with van der Waals surface area (Å²) < 4.78 is 59.0. The topological polar surface area (TPSA) is 131 Å². The van der Waals surface area contributed by atoms with E-state index in [4.69, 9.17) is 9.72 Å². The van der Waals surface area contributed by atoms with Crippen LogP contribution in [0.3, 0.4) is 0 Å². The molecule has 1 aliphatic rings. The van der Waals surface area contributed by atoms with E-state index in [1.54, 1.807) is 37.4 Å². The van der Waals surface area contributed by atoms with Crippen molar-refractivity contribution in [3.63, 3.8) is 0 Å². The summed E-state index contributed by atoms with van der Waals surface area (Å²) in [6.07, 6.45) is 1.85. The molecule has 4 aromatic rings. The monoisotopic (exact) mass is 645 g/mol. The Bertz CT molecular complexity index is 1790. The van der Waals surface area contributed by atoms with Gasteiger partial charge in [-0.1, -0.05) is 30.3 Å². The maximum Gasteiger partial charge on any atom is 0.263 e. The highest BCUT2D eigenvalue weighted by atomic mass is 35.5. The Labute approximate surface area is 259 Å². The minimum atomic E-state index is -3.99. The Kier molecular flexibility index (Phi) is 10.2. The van der Waals surface area contributed by atoms with Gasteiger partial charge in [-0.2, -0.15) is 0 Å². The molecule has 0 aliphatic carbocycles. The van der Waals surface area contributed by atoms with Crippen LogP contribution in [-0.4, -0.2) is 64.4 Å². The van der Waals surface area contributed by atoms with E-state index in [-0.39, 0.29) is 46.4 Å². The number of nitrogens with zero attached hydrogens (tertiary/aromatic N) is 3. The largest absolute Gasteiger partial charge is 0.497 e. The fraction of sp³-hybridized carbons (Fsp3) is 0.333. The molecular weight excluding hydrogens is 610 g/mol. The molecule has 0 amide bonds. The lowest BCUT2D eigenvalue weighted by Crippen LogP contribution is -2.24. The molecule has 2 heterocycles. The number of hydrogen-bond acceptors (Lipinski definition) is 9. The first-order valence-corrected chi connectivity index (χ1v) is 17.0. The summed E-state index contributed by atoms with van der Waals surface area (Å²) in [5.74, 6) is 1.49. The lowest BCUT2D eigenvalue weighted by atomic mass is 9.93. The molecule has 13 heteroatoms. The van der Waals surface area contributed by atoms with Crippen molar-refractivity contribution in [1.82, 2.24) is 14.9 Å². The number of hydrogen-bond donors (Lipinski definition) is 2. The van der Waals surface area contributed by atoms with Gasteiger partial charge >= 0.3 is 0 Å². The number of fused-ring (bicyclic) bond motifs is 1. The van der Waals surface area contributed by atoms with Crippen molar-refractivity contribution in [2.45, 2.75) is 30.7 Å². The number of ether oxygens (including phenoxy) is 1. The van der Waals surface area contributed by atoms with Crippen molar-refractivity contribution in [2.24, 2.45) is 5.92 Å². The summed E-state index contributed by atoms with van der Waals surface area (Å²) in [6, 6.07) is 19.6. The number of nitrogens with one attached hydrogen (secondary N) is 2. The number of sulfone groups is 1. The number of methoxy groups -OCH3 is 1. The second-order valence-corrected chi connectivity index (χ2v) is 14.8. The van der Waals surface area contributed by atoms with Crippen molar-refractivity contribution in [3.8, 4) is 5.75 Å². The molecule has 10 nitrogen and oxygen atoms in total. The molecule has 0 atom stereocenters. The zero-order valence-electron chi connectivity index (χ0n) is 24.3. The number of anilines is 3. The van der Waals surface area contributed by atoms with Crippen molar-refractivity contribution in [2.75, 3.05) is 42.7 Å². The van der Waals surface area contributed by atoms with E-state index in [9.17, 15) is 16.8 Å². The van der Waals surface area contributed by atoms with Gasteiger partial charge in [0.15, 0.2) is 11.6 Å². The third-order valence-corrected chi connectivity index (χ3v) is 10.4. The van der Waals surface area contributed by atoms with E-state index in [1.165, 1.54) is 0 Å². The summed E-state index contributed by atoms with van der Waals surface area (Å²) >= 11 is 0. The SMILES string of the molecule is COc1ccc(CC2CCS(=O)(=O)CC2)c(Nc2nc3ccccc3nc2NS(=O)(=O)c2ccc(CN(C)C)cc2)c1.Cl. The average Bonchev–Trinajstić information content (AvgIpc) is 2.95. The third-order valence-electron chi connectivity index (χ3n) is 7.29. The van der Waals surface area contributed by atoms with Gasteiger partial charge in [0.2, 0.25) is 0 Å². The summed E-state index contributed by atoms with van der Waals surface area (Å²) in [7, 11) is -1.48. The maximum absolute atomic E-state index is 13.5. The second kappa shape index (κ2) is 13.5. The molecule has 43 heavy (non-hydrogen) atoms. The smallest absolute Gasteiger partial charge is 0.263 e. The number of aromatic nitrogens is 2. The van der Waals surface area contributed by atoms with Crippen LogP contribution in [0.15, 0.2) is 71.6 Å². The van der Waals surface area contributed by atoms with Crippen LogP contribution in [-0.2, 0) is 32.8 Å². The van der Waals surface area contributed by atoms with Crippen LogP contribution in [0.4, 0.5) is 17.3 Å². The minimum Gasteiger partial charge on any atom is -0.497 e. The fourth-order valence-electron chi connectivity index (χ4n) is 5.04. The van der Waals surface area contributed by atoms with E-state index < -0.39 is 19.9 Å². The van der Waals surface area contributed by atoms with Crippen LogP contribution in [0.5, 0.6) is 5.75 Å². The molecule has 0 saturated carbocycles. The fourth-order valence-corrected chi connectivity index (χ4v) is 7.64. The standard InChI is InChI=1S/C30H35N5O5S2.ClH/c1-35(2)20-22-8-12-25(13-9-22)42(38,39)34-30-29(31-26-6-4-5-7-27(26)32-30)33-28-19-24(40-3)11-10-23(28)18-21-14-16-41(36,37)17-15-21;/h4-13,19,21H,14-18,20H2,1-3H3,(H,31,33)(H,32,34);1H. The van der Waals surface area contributed by atoms with Gasteiger partial charge in [-0.25, -0.2) is 26.8 Å². The zero-order chi connectivity index (χ0) is 29.9. The van der Waals surface area contributed by atoms with Crippen molar-refractivity contribution in [1.29, 1.82) is 0 Å². The van der Waals surface area contributed by atoms with Gasteiger partial charge in [0.1, 0.15) is 15.6 Å². The van der Waals surface area contributed by atoms with Gasteiger partial charge in [-0.3, -0.25) is 4.72 Å². The quantitative estimate of drug-likeness (QED) is 0.244. The second-order valence-electron chi connectivity index (χ2n) is 10.8. The Hall–Kier alpha value is -3.45. The molecule has 1 aliphatic heterocycles. The Balaban J connectivity index is 0.00000423. The van der Waals surface area contributed by atoms with E-state index >= 15 is 0 Å². The summed E-state index contributed by atoms with van der Waals surface area (Å²) in [5, 5.41) is 3.31. The van der Waals surface area contributed by atoms with E-state index in [2.05, 4.69) is 15.0 Å². The Morgan fingerprint density at radius 1 is 0.930 bits per heavy atom. The van der Waals surface area contributed by atoms with Crippen molar-refractivity contribution < 1.29 is 21.6 Å². The number of rotatable bonds is 10. The van der Waals surface area contributed by atoms with Crippen LogP contribution in [0, 0.1) is 5.92 Å². The normalized spacial score (nSPS) is 15.2. The van der Waals surface area contributed by atoms with Crippen LogP contribution in [0.1, 0.15) is 24.0 Å². The van der Waals surface area contributed by atoms with Crippen LogP contribution < -0.4 is 14.8 Å². The number of para-hydroxylation sites is 2. The first kappa shape index (κ1) is 32.5. The van der Waals surface area contributed by atoms with Gasteiger partial charge in [-0.15, -0.1) is 12.4 Å². The molecule has 0 radical (unpaired) electrons. The predicted octanol–water partition coefficient (Wildman–Crippen LogP) is 5.03. The van der Waals surface area contributed by atoms with Crippen molar-refractivity contribution in [3.05, 3.63) is 77.9 Å². The third kappa shape index (κ3) is 8.14. The van der Waals surface area contributed by atoms with E-state index in [0.717, 1.165) is 11.1 Å². The predicted molar refractivity (Wildman–Crippen MR) is 173 cm³/mol. The molecule has 1 fully saturated rings. The lowest BCUT2D eigenvalue weighted by Gasteiger charge is -2.23. The van der Waals surface area contributed by atoms with Crippen molar-refractivity contribution >= 4 is 60.6 Å². The molecule has 3 aromatic carbocycles. The molecule has 1 saturated heterocycles. The van der Waals surface area contributed by atoms with Gasteiger partial charge in [-0.05, 0) is 80.7 Å². The van der Waals surface area contributed by atoms with Gasteiger partial charge in [0.25, 0.3) is 10.0 Å². The summed E-state index contributed by atoms with van der Waals surface area (Å²) in [6.45, 7) is 0.692. The van der Waals surface area contributed by atoms with Gasteiger partial charge < -0.3 is 15.0 Å². The first-order valence-electron chi connectivity index (χ1n) is 13.7. The maximum atomic E-state index is 13.5.